The Morgan fingerprint density at radius 2 is 1.81 bits per heavy atom. The molecule has 0 fully saturated rings. The van der Waals surface area contributed by atoms with Gasteiger partial charge >= 0.3 is 5.97 Å². The fourth-order valence-electron chi connectivity index (χ4n) is 2.09. The van der Waals surface area contributed by atoms with Crippen LogP contribution in [0.3, 0.4) is 0 Å². The zero-order chi connectivity index (χ0) is 19.8. The fraction of sp³-hybridized carbons (Fsp3) is 0.100. The zero-order valence-corrected chi connectivity index (χ0v) is 15.4. The first-order valence-corrected chi connectivity index (χ1v) is 8.35. The van der Waals surface area contributed by atoms with E-state index in [4.69, 9.17) is 28.0 Å². The van der Waals surface area contributed by atoms with Crippen LogP contribution in [0.4, 0.5) is 5.69 Å². The van der Waals surface area contributed by atoms with Crippen LogP contribution in [-0.2, 0) is 9.53 Å². The van der Waals surface area contributed by atoms with Gasteiger partial charge in [0, 0.05) is 5.69 Å². The standard InChI is InChI=1S/C20H17N3O3S/c1-13-2-8-17(9-3-13)23-18(24)12-26-20(25)15-6-4-14(5-7-15)10-16(11-21)19(22)27/h2-10H,12H2,1H3,(H2,22,27)(H,23,24)/b16-10-. The van der Waals surface area contributed by atoms with E-state index in [1.165, 1.54) is 18.2 Å². The number of nitrogens with zero attached hydrogens (tertiary/aromatic N) is 1. The average Bonchev–Trinajstić information content (AvgIpc) is 2.66. The zero-order valence-electron chi connectivity index (χ0n) is 14.6. The quantitative estimate of drug-likeness (QED) is 0.346. The number of nitrogens with two attached hydrogens (primary N) is 1. The van der Waals surface area contributed by atoms with Crippen molar-refractivity contribution in [2.24, 2.45) is 5.73 Å². The second-order valence-corrected chi connectivity index (χ2v) is 6.09. The van der Waals surface area contributed by atoms with Crippen molar-refractivity contribution in [1.29, 1.82) is 5.26 Å². The van der Waals surface area contributed by atoms with E-state index in [1.54, 1.807) is 24.3 Å². The van der Waals surface area contributed by atoms with Crippen molar-refractivity contribution in [3.05, 3.63) is 70.8 Å². The maximum Gasteiger partial charge on any atom is 0.338 e. The molecule has 2 aromatic rings. The van der Waals surface area contributed by atoms with Crippen LogP contribution in [0.2, 0.25) is 0 Å². The van der Waals surface area contributed by atoms with Crippen molar-refractivity contribution >= 4 is 40.8 Å². The molecule has 0 heterocycles. The van der Waals surface area contributed by atoms with Gasteiger partial charge in [-0.3, -0.25) is 4.79 Å². The largest absolute Gasteiger partial charge is 0.452 e. The number of anilines is 1. The molecule has 0 aliphatic heterocycles. The van der Waals surface area contributed by atoms with Gasteiger partial charge in [0.15, 0.2) is 6.61 Å². The van der Waals surface area contributed by atoms with Gasteiger partial charge in [-0.15, -0.1) is 0 Å². The highest BCUT2D eigenvalue weighted by atomic mass is 32.1. The van der Waals surface area contributed by atoms with Gasteiger partial charge in [-0.25, -0.2) is 4.79 Å². The predicted molar refractivity (Wildman–Crippen MR) is 107 cm³/mol. The molecule has 0 saturated heterocycles. The van der Waals surface area contributed by atoms with E-state index in [2.05, 4.69) is 5.32 Å². The summed E-state index contributed by atoms with van der Waals surface area (Å²) in [5.41, 5.74) is 8.25. The van der Waals surface area contributed by atoms with Gasteiger partial charge in [-0.2, -0.15) is 5.26 Å². The lowest BCUT2D eigenvalue weighted by Crippen LogP contribution is -2.20. The van der Waals surface area contributed by atoms with E-state index in [1.807, 2.05) is 25.1 Å². The van der Waals surface area contributed by atoms with Gasteiger partial charge in [0.05, 0.1) is 11.1 Å². The summed E-state index contributed by atoms with van der Waals surface area (Å²) in [5, 5.41) is 11.6. The molecule has 3 N–H and O–H groups in total. The molecular weight excluding hydrogens is 362 g/mol. The van der Waals surface area contributed by atoms with Gasteiger partial charge in [0.2, 0.25) is 0 Å². The van der Waals surface area contributed by atoms with Crippen molar-refractivity contribution in [3.63, 3.8) is 0 Å². The number of carbonyl (C=O) groups excluding carboxylic acids is 2. The summed E-state index contributed by atoms with van der Waals surface area (Å²) >= 11 is 4.77. The average molecular weight is 379 g/mol. The van der Waals surface area contributed by atoms with Crippen LogP contribution >= 0.6 is 12.2 Å². The maximum atomic E-state index is 12.0. The molecule has 0 atom stereocenters. The lowest BCUT2D eigenvalue weighted by Gasteiger charge is -2.07. The van der Waals surface area contributed by atoms with Crippen molar-refractivity contribution in [2.45, 2.75) is 6.92 Å². The van der Waals surface area contributed by atoms with E-state index in [-0.39, 0.29) is 16.1 Å². The van der Waals surface area contributed by atoms with Crippen LogP contribution in [0.25, 0.3) is 6.08 Å². The normalized spacial score (nSPS) is 10.6. The molecule has 2 aromatic carbocycles. The molecule has 27 heavy (non-hydrogen) atoms. The number of benzene rings is 2. The molecule has 0 saturated carbocycles. The minimum atomic E-state index is -0.626. The maximum absolute atomic E-state index is 12.0. The topological polar surface area (TPSA) is 105 Å². The molecule has 1 amide bonds. The minimum Gasteiger partial charge on any atom is -0.452 e. The lowest BCUT2D eigenvalue weighted by molar-refractivity contribution is -0.119. The molecule has 7 heteroatoms. The molecule has 0 spiro atoms. The number of thiocarbonyl (C=S) groups is 1. The van der Waals surface area contributed by atoms with E-state index in [0.717, 1.165) is 5.56 Å². The Balaban J connectivity index is 1.92. The summed E-state index contributed by atoms with van der Waals surface area (Å²) in [5.74, 6) is -1.05. The minimum absolute atomic E-state index is 0.000533. The summed E-state index contributed by atoms with van der Waals surface area (Å²) in [6, 6.07) is 15.5. The number of nitrogens with one attached hydrogen (secondary N) is 1. The number of hydrogen-bond donors (Lipinski definition) is 2. The highest BCUT2D eigenvalue weighted by Crippen LogP contribution is 2.11. The highest BCUT2D eigenvalue weighted by molar-refractivity contribution is 7.80. The molecule has 0 radical (unpaired) electrons. The Bertz CT molecular complexity index is 926. The van der Waals surface area contributed by atoms with Gasteiger partial charge in [-0.1, -0.05) is 42.0 Å². The van der Waals surface area contributed by atoms with Gasteiger partial charge in [0.25, 0.3) is 5.91 Å². The summed E-state index contributed by atoms with van der Waals surface area (Å²) < 4.78 is 5.01. The predicted octanol–water partition coefficient (Wildman–Crippen LogP) is 2.98. The van der Waals surface area contributed by atoms with Crippen molar-refractivity contribution < 1.29 is 14.3 Å². The van der Waals surface area contributed by atoms with Crippen LogP contribution in [0.15, 0.2) is 54.1 Å². The lowest BCUT2D eigenvalue weighted by atomic mass is 10.1. The van der Waals surface area contributed by atoms with Crippen LogP contribution < -0.4 is 11.1 Å². The van der Waals surface area contributed by atoms with E-state index in [0.29, 0.717) is 11.3 Å². The summed E-state index contributed by atoms with van der Waals surface area (Å²) in [4.78, 5) is 23.9. The fourth-order valence-corrected chi connectivity index (χ4v) is 2.19. The SMILES string of the molecule is Cc1ccc(NC(=O)COC(=O)c2ccc(/C=C(/C#N)C(N)=S)cc2)cc1. The Morgan fingerprint density at radius 1 is 1.19 bits per heavy atom. The van der Waals surface area contributed by atoms with Crippen LogP contribution in [0, 0.1) is 18.3 Å². The van der Waals surface area contributed by atoms with Gasteiger partial charge < -0.3 is 15.8 Å². The number of amides is 1. The Kier molecular flexibility index (Phi) is 6.80. The number of esters is 1. The molecule has 0 aromatic heterocycles. The summed E-state index contributed by atoms with van der Waals surface area (Å²) in [7, 11) is 0. The first kappa shape index (κ1) is 19.8. The van der Waals surface area contributed by atoms with E-state index < -0.39 is 18.5 Å². The second kappa shape index (κ2) is 9.27. The number of ether oxygens (including phenoxy) is 1. The van der Waals surface area contributed by atoms with Crippen LogP contribution in [-0.4, -0.2) is 23.5 Å². The van der Waals surface area contributed by atoms with Gasteiger partial charge in [0.1, 0.15) is 11.1 Å². The number of carbonyl (C=O) groups is 2. The second-order valence-electron chi connectivity index (χ2n) is 5.65. The molecule has 6 nitrogen and oxygen atoms in total. The highest BCUT2D eigenvalue weighted by Gasteiger charge is 2.10. The first-order valence-electron chi connectivity index (χ1n) is 7.94. The third-order valence-corrected chi connectivity index (χ3v) is 3.73. The van der Waals surface area contributed by atoms with Crippen molar-refractivity contribution in [1.82, 2.24) is 0 Å². The Labute approximate surface area is 162 Å². The Morgan fingerprint density at radius 3 is 2.37 bits per heavy atom. The Hall–Kier alpha value is -3.50. The third kappa shape index (κ3) is 6.06. The molecule has 0 bridgehead atoms. The molecular formula is C20H17N3O3S. The van der Waals surface area contributed by atoms with Crippen LogP contribution in [0.1, 0.15) is 21.5 Å². The van der Waals surface area contributed by atoms with Crippen LogP contribution in [0.5, 0.6) is 0 Å². The molecule has 0 unspecified atom stereocenters. The first-order chi connectivity index (χ1) is 12.9. The number of nitriles is 1. The molecule has 2 rings (SSSR count). The summed E-state index contributed by atoms with van der Waals surface area (Å²) in [6.45, 7) is 1.55. The molecule has 136 valence electrons. The van der Waals surface area contributed by atoms with Crippen molar-refractivity contribution in [2.75, 3.05) is 11.9 Å². The number of aryl methyl sites for hydroxylation is 1. The number of hydrogen-bond acceptors (Lipinski definition) is 5. The monoisotopic (exact) mass is 379 g/mol. The third-order valence-electron chi connectivity index (χ3n) is 3.51. The van der Waals surface area contributed by atoms with Gasteiger partial charge in [-0.05, 0) is 42.8 Å². The van der Waals surface area contributed by atoms with E-state index >= 15 is 0 Å². The van der Waals surface area contributed by atoms with E-state index in [9.17, 15) is 9.59 Å². The molecule has 0 aliphatic rings. The van der Waals surface area contributed by atoms with Crippen molar-refractivity contribution in [3.8, 4) is 6.07 Å². The smallest absolute Gasteiger partial charge is 0.338 e. The summed E-state index contributed by atoms with van der Waals surface area (Å²) in [6.07, 6.45) is 1.52. The molecule has 0 aliphatic carbocycles. The number of rotatable bonds is 6.